The van der Waals surface area contributed by atoms with Gasteiger partial charge >= 0.3 is 5.97 Å². The van der Waals surface area contributed by atoms with Gasteiger partial charge in [0.05, 0.1) is 17.7 Å². The van der Waals surface area contributed by atoms with Crippen molar-refractivity contribution in [2.75, 3.05) is 11.9 Å². The van der Waals surface area contributed by atoms with Gasteiger partial charge < -0.3 is 15.2 Å². The van der Waals surface area contributed by atoms with Crippen LogP contribution in [0.2, 0.25) is 0 Å². The molecule has 5 heteroatoms. The first-order valence-corrected chi connectivity index (χ1v) is 8.98. The molecule has 0 radical (unpaired) electrons. The van der Waals surface area contributed by atoms with Gasteiger partial charge in [0.15, 0.2) is 0 Å². The number of carboxylic acid groups (broad SMARTS) is 1. The minimum atomic E-state index is -1.13. The number of benzene rings is 2. The number of rotatable bonds is 10. The monoisotopic (exact) mass is 355 g/mol. The lowest BCUT2D eigenvalue weighted by molar-refractivity contribution is 0.0692. The standard InChI is InChI=1S/C21H25NO4/c1-2-3-4-5-8-14-26-17-11-9-10-16(15-17)22-20(23)18-12-6-7-13-19(18)21(24)25/h6-7,9-13,15H,2-5,8,14H2,1H3,(H,22,23)(H,24,25). The molecule has 0 aliphatic rings. The second-order valence-electron chi connectivity index (χ2n) is 6.10. The summed E-state index contributed by atoms with van der Waals surface area (Å²) in [4.78, 5) is 23.6. The fraction of sp³-hybridized carbons (Fsp3) is 0.333. The van der Waals surface area contributed by atoms with E-state index in [1.165, 1.54) is 31.4 Å². The summed E-state index contributed by atoms with van der Waals surface area (Å²) in [6, 6.07) is 13.3. The normalized spacial score (nSPS) is 10.3. The van der Waals surface area contributed by atoms with Gasteiger partial charge in [-0.2, -0.15) is 0 Å². The van der Waals surface area contributed by atoms with E-state index in [0.29, 0.717) is 18.0 Å². The van der Waals surface area contributed by atoms with Crippen LogP contribution in [0.1, 0.15) is 59.7 Å². The number of anilines is 1. The molecule has 0 aromatic heterocycles. The summed E-state index contributed by atoms with van der Waals surface area (Å²) in [6.45, 7) is 2.83. The molecule has 0 saturated heterocycles. The summed E-state index contributed by atoms with van der Waals surface area (Å²) >= 11 is 0. The highest BCUT2D eigenvalue weighted by Gasteiger charge is 2.15. The zero-order valence-corrected chi connectivity index (χ0v) is 15.0. The summed E-state index contributed by atoms with van der Waals surface area (Å²) in [6.07, 6.45) is 5.84. The zero-order chi connectivity index (χ0) is 18.8. The van der Waals surface area contributed by atoms with E-state index in [0.717, 1.165) is 12.8 Å². The third kappa shape index (κ3) is 5.92. The van der Waals surface area contributed by atoms with Crippen LogP contribution in [0, 0.1) is 0 Å². The van der Waals surface area contributed by atoms with Crippen LogP contribution in [0.4, 0.5) is 5.69 Å². The van der Waals surface area contributed by atoms with E-state index in [-0.39, 0.29) is 11.1 Å². The maximum absolute atomic E-state index is 12.4. The highest BCUT2D eigenvalue weighted by molar-refractivity contribution is 6.10. The van der Waals surface area contributed by atoms with E-state index in [9.17, 15) is 14.7 Å². The highest BCUT2D eigenvalue weighted by Crippen LogP contribution is 2.19. The van der Waals surface area contributed by atoms with Crippen molar-refractivity contribution in [3.63, 3.8) is 0 Å². The SMILES string of the molecule is CCCCCCCOc1cccc(NC(=O)c2ccccc2C(=O)O)c1. The first-order valence-electron chi connectivity index (χ1n) is 8.98. The van der Waals surface area contributed by atoms with Crippen LogP contribution in [-0.4, -0.2) is 23.6 Å². The van der Waals surface area contributed by atoms with Gasteiger partial charge in [-0.15, -0.1) is 0 Å². The third-order valence-electron chi connectivity index (χ3n) is 4.01. The Balaban J connectivity index is 1.94. The number of nitrogens with one attached hydrogen (secondary N) is 1. The summed E-state index contributed by atoms with van der Waals surface area (Å²) in [5.41, 5.74) is 0.672. The number of hydrogen-bond acceptors (Lipinski definition) is 3. The third-order valence-corrected chi connectivity index (χ3v) is 4.01. The average Bonchev–Trinajstić information content (AvgIpc) is 2.65. The molecule has 2 rings (SSSR count). The van der Waals surface area contributed by atoms with Gasteiger partial charge in [-0.1, -0.05) is 50.8 Å². The number of carbonyl (C=O) groups excluding carboxylic acids is 1. The smallest absolute Gasteiger partial charge is 0.336 e. The lowest BCUT2D eigenvalue weighted by Gasteiger charge is -2.10. The van der Waals surface area contributed by atoms with Gasteiger partial charge in [-0.3, -0.25) is 4.79 Å². The Morgan fingerprint density at radius 1 is 0.962 bits per heavy atom. The summed E-state index contributed by atoms with van der Waals surface area (Å²) in [7, 11) is 0. The van der Waals surface area contributed by atoms with E-state index in [1.54, 1.807) is 30.3 Å². The van der Waals surface area contributed by atoms with Crippen LogP contribution in [0.3, 0.4) is 0 Å². The molecule has 0 bridgehead atoms. The molecule has 0 saturated carbocycles. The van der Waals surface area contributed by atoms with Crippen LogP contribution < -0.4 is 10.1 Å². The molecule has 2 N–H and O–H groups in total. The first-order chi connectivity index (χ1) is 12.6. The van der Waals surface area contributed by atoms with E-state index in [2.05, 4.69) is 12.2 Å². The van der Waals surface area contributed by atoms with Crippen molar-refractivity contribution in [3.05, 3.63) is 59.7 Å². The minimum Gasteiger partial charge on any atom is -0.494 e. The Morgan fingerprint density at radius 3 is 2.42 bits per heavy atom. The maximum Gasteiger partial charge on any atom is 0.336 e. The van der Waals surface area contributed by atoms with Gasteiger partial charge in [0.2, 0.25) is 0 Å². The predicted octanol–water partition coefficient (Wildman–Crippen LogP) is 4.99. The molecular weight excluding hydrogens is 330 g/mol. The van der Waals surface area contributed by atoms with Gasteiger partial charge in [-0.05, 0) is 30.7 Å². The van der Waals surface area contributed by atoms with Crippen molar-refractivity contribution in [1.29, 1.82) is 0 Å². The highest BCUT2D eigenvalue weighted by atomic mass is 16.5. The molecule has 5 nitrogen and oxygen atoms in total. The van der Waals surface area contributed by atoms with E-state index < -0.39 is 11.9 Å². The molecular formula is C21H25NO4. The maximum atomic E-state index is 12.4. The molecule has 2 aromatic rings. The number of aromatic carboxylic acids is 1. The van der Waals surface area contributed by atoms with Crippen molar-refractivity contribution in [2.24, 2.45) is 0 Å². The number of ether oxygens (including phenoxy) is 1. The van der Waals surface area contributed by atoms with Crippen LogP contribution in [-0.2, 0) is 0 Å². The lowest BCUT2D eigenvalue weighted by Crippen LogP contribution is -2.16. The topological polar surface area (TPSA) is 75.6 Å². The van der Waals surface area contributed by atoms with Crippen molar-refractivity contribution in [2.45, 2.75) is 39.0 Å². The fourth-order valence-electron chi connectivity index (χ4n) is 2.63. The van der Waals surface area contributed by atoms with Gasteiger partial charge in [0.25, 0.3) is 5.91 Å². The Hall–Kier alpha value is -2.82. The molecule has 0 spiro atoms. The molecule has 26 heavy (non-hydrogen) atoms. The second kappa shape index (κ2) is 10.2. The number of unbranched alkanes of at least 4 members (excludes halogenated alkanes) is 4. The molecule has 0 aliphatic carbocycles. The van der Waals surface area contributed by atoms with E-state index >= 15 is 0 Å². The zero-order valence-electron chi connectivity index (χ0n) is 15.0. The van der Waals surface area contributed by atoms with E-state index in [1.807, 2.05) is 6.07 Å². The van der Waals surface area contributed by atoms with E-state index in [4.69, 9.17) is 4.74 Å². The molecule has 0 unspecified atom stereocenters. The van der Waals surface area contributed by atoms with Crippen molar-refractivity contribution >= 4 is 17.6 Å². The largest absolute Gasteiger partial charge is 0.494 e. The number of hydrogen-bond donors (Lipinski definition) is 2. The van der Waals surface area contributed by atoms with Gasteiger partial charge in [0, 0.05) is 11.8 Å². The summed E-state index contributed by atoms with van der Waals surface area (Å²) in [5.74, 6) is -0.902. The quantitative estimate of drug-likeness (QED) is 0.589. The Morgan fingerprint density at radius 2 is 1.69 bits per heavy atom. The van der Waals surface area contributed by atoms with Crippen LogP contribution in [0.5, 0.6) is 5.75 Å². The molecule has 2 aromatic carbocycles. The number of amides is 1. The molecule has 1 amide bonds. The number of carboxylic acids is 1. The number of carbonyl (C=O) groups is 2. The van der Waals surface area contributed by atoms with Crippen LogP contribution >= 0.6 is 0 Å². The Labute approximate surface area is 154 Å². The Kier molecular flexibility index (Phi) is 7.68. The second-order valence-corrected chi connectivity index (χ2v) is 6.10. The summed E-state index contributed by atoms with van der Waals surface area (Å²) < 4.78 is 5.73. The first kappa shape index (κ1) is 19.5. The molecule has 0 heterocycles. The predicted molar refractivity (Wildman–Crippen MR) is 102 cm³/mol. The molecule has 0 atom stereocenters. The van der Waals surface area contributed by atoms with Crippen molar-refractivity contribution in [3.8, 4) is 5.75 Å². The molecule has 0 fully saturated rings. The average molecular weight is 355 g/mol. The fourth-order valence-corrected chi connectivity index (χ4v) is 2.63. The van der Waals surface area contributed by atoms with Crippen LogP contribution in [0.15, 0.2) is 48.5 Å². The molecule has 0 aliphatic heterocycles. The van der Waals surface area contributed by atoms with Crippen molar-refractivity contribution in [1.82, 2.24) is 0 Å². The minimum absolute atomic E-state index is 0.0236. The van der Waals surface area contributed by atoms with Gasteiger partial charge in [0.1, 0.15) is 5.75 Å². The Bertz CT molecular complexity index is 742. The van der Waals surface area contributed by atoms with Gasteiger partial charge in [-0.25, -0.2) is 4.79 Å². The van der Waals surface area contributed by atoms with Crippen LogP contribution in [0.25, 0.3) is 0 Å². The summed E-state index contributed by atoms with van der Waals surface area (Å²) in [5, 5.41) is 11.9. The van der Waals surface area contributed by atoms with Crippen molar-refractivity contribution < 1.29 is 19.4 Å². The molecule has 138 valence electrons. The lowest BCUT2D eigenvalue weighted by atomic mass is 10.1.